The predicted octanol–water partition coefficient (Wildman–Crippen LogP) is 5.04. The summed E-state index contributed by atoms with van der Waals surface area (Å²) in [5.41, 5.74) is 1.11. The van der Waals surface area contributed by atoms with Gasteiger partial charge < -0.3 is 0 Å². The molecule has 4 heteroatoms. The number of halogens is 1. The van der Waals surface area contributed by atoms with Gasteiger partial charge in [0.05, 0.1) is 20.1 Å². The minimum atomic E-state index is 0.378. The smallest absolute Gasteiger partial charge is 0.0953 e. The average Bonchev–Trinajstić information content (AvgIpc) is 2.97. The Labute approximate surface area is 116 Å². The summed E-state index contributed by atoms with van der Waals surface area (Å²) in [7, 11) is 0. The molecule has 1 unspecified atom stereocenters. The monoisotopic (exact) mass is 323 g/mol. The van der Waals surface area contributed by atoms with E-state index in [1.54, 1.807) is 22.7 Å². The summed E-state index contributed by atoms with van der Waals surface area (Å²) in [4.78, 5) is 6.40. The van der Waals surface area contributed by atoms with Crippen molar-refractivity contribution >= 4 is 48.8 Å². The molecule has 17 heavy (non-hydrogen) atoms. The first-order chi connectivity index (χ1) is 8.33. The molecular weight excluding hydrogens is 314 g/mol. The lowest BCUT2D eigenvalue weighted by Gasteiger charge is -2.03. The second-order valence-electron chi connectivity index (χ2n) is 3.76. The number of fused-ring (bicyclic) bond motifs is 1. The summed E-state index contributed by atoms with van der Waals surface area (Å²) in [6, 6.07) is 12.6. The highest BCUT2D eigenvalue weighted by atomic mass is 79.9. The molecule has 0 bridgehead atoms. The zero-order valence-corrected chi connectivity index (χ0v) is 12.2. The molecule has 0 aliphatic rings. The average molecular weight is 324 g/mol. The number of para-hydroxylation sites is 1. The van der Waals surface area contributed by atoms with Gasteiger partial charge in [-0.05, 0) is 23.6 Å². The van der Waals surface area contributed by atoms with Crippen molar-refractivity contribution in [2.24, 2.45) is 0 Å². The fraction of sp³-hybridized carbons (Fsp3) is 0.154. The normalized spacial score (nSPS) is 13.0. The van der Waals surface area contributed by atoms with E-state index in [1.165, 1.54) is 14.6 Å². The Morgan fingerprint density at radius 3 is 2.82 bits per heavy atom. The van der Waals surface area contributed by atoms with E-state index in [2.05, 4.69) is 56.6 Å². The molecule has 0 radical (unpaired) electrons. The summed E-state index contributed by atoms with van der Waals surface area (Å²) in [6.45, 7) is 0. The van der Waals surface area contributed by atoms with Gasteiger partial charge in [-0.25, -0.2) is 4.98 Å². The SMILES string of the molecule is BrC(Cc1nc2ccccc2s1)c1cccs1. The summed E-state index contributed by atoms with van der Waals surface area (Å²) < 4.78 is 1.27. The molecule has 0 N–H and O–H groups in total. The predicted molar refractivity (Wildman–Crippen MR) is 79.3 cm³/mol. The van der Waals surface area contributed by atoms with Gasteiger partial charge in [0.25, 0.3) is 0 Å². The molecule has 0 aliphatic heterocycles. The van der Waals surface area contributed by atoms with Crippen LogP contribution in [0.3, 0.4) is 0 Å². The van der Waals surface area contributed by atoms with E-state index in [1.807, 2.05) is 6.07 Å². The third kappa shape index (κ3) is 2.44. The molecular formula is C13H10BrNS2. The largest absolute Gasteiger partial charge is 0.241 e. The Kier molecular flexibility index (Phi) is 3.27. The molecule has 86 valence electrons. The molecule has 2 aromatic heterocycles. The van der Waals surface area contributed by atoms with E-state index < -0.39 is 0 Å². The second kappa shape index (κ2) is 4.88. The highest BCUT2D eigenvalue weighted by Gasteiger charge is 2.12. The Morgan fingerprint density at radius 1 is 1.18 bits per heavy atom. The van der Waals surface area contributed by atoms with E-state index in [0.717, 1.165) is 11.9 Å². The van der Waals surface area contributed by atoms with Gasteiger partial charge in [-0.1, -0.05) is 34.1 Å². The van der Waals surface area contributed by atoms with Crippen LogP contribution in [0, 0.1) is 0 Å². The number of alkyl halides is 1. The van der Waals surface area contributed by atoms with Crippen molar-refractivity contribution in [3.63, 3.8) is 0 Å². The van der Waals surface area contributed by atoms with Crippen LogP contribution < -0.4 is 0 Å². The molecule has 1 aromatic carbocycles. The van der Waals surface area contributed by atoms with Crippen LogP contribution in [-0.4, -0.2) is 4.98 Å². The number of nitrogens with zero attached hydrogens (tertiary/aromatic N) is 1. The van der Waals surface area contributed by atoms with Crippen molar-refractivity contribution in [1.82, 2.24) is 4.98 Å². The number of thiophene rings is 1. The topological polar surface area (TPSA) is 12.9 Å². The van der Waals surface area contributed by atoms with Crippen molar-refractivity contribution in [1.29, 1.82) is 0 Å². The van der Waals surface area contributed by atoms with Gasteiger partial charge in [-0.15, -0.1) is 22.7 Å². The van der Waals surface area contributed by atoms with Gasteiger partial charge in [-0.3, -0.25) is 0 Å². The number of benzene rings is 1. The number of aromatic nitrogens is 1. The quantitative estimate of drug-likeness (QED) is 0.615. The Balaban J connectivity index is 1.85. The summed E-state index contributed by atoms with van der Waals surface area (Å²) in [5, 5.41) is 3.31. The summed E-state index contributed by atoms with van der Waals surface area (Å²) in [5.74, 6) is 0. The first-order valence-electron chi connectivity index (χ1n) is 5.35. The third-order valence-electron chi connectivity index (χ3n) is 2.54. The molecule has 0 saturated heterocycles. The summed E-state index contributed by atoms with van der Waals surface area (Å²) in [6.07, 6.45) is 0.958. The van der Waals surface area contributed by atoms with Crippen LogP contribution in [0.25, 0.3) is 10.2 Å². The van der Waals surface area contributed by atoms with Crippen molar-refractivity contribution in [2.45, 2.75) is 11.2 Å². The lowest BCUT2D eigenvalue weighted by molar-refractivity contribution is 0.957. The maximum atomic E-state index is 4.66. The molecule has 2 heterocycles. The van der Waals surface area contributed by atoms with E-state index in [4.69, 9.17) is 0 Å². The molecule has 1 atom stereocenters. The first kappa shape index (κ1) is 11.4. The van der Waals surface area contributed by atoms with Gasteiger partial charge in [0.15, 0.2) is 0 Å². The van der Waals surface area contributed by atoms with Crippen LogP contribution >= 0.6 is 38.6 Å². The zero-order chi connectivity index (χ0) is 11.7. The lowest BCUT2D eigenvalue weighted by Crippen LogP contribution is -1.91. The number of hydrogen-bond acceptors (Lipinski definition) is 3. The zero-order valence-electron chi connectivity index (χ0n) is 8.97. The third-order valence-corrected chi connectivity index (χ3v) is 5.71. The van der Waals surface area contributed by atoms with Crippen molar-refractivity contribution in [2.75, 3.05) is 0 Å². The van der Waals surface area contributed by atoms with Crippen LogP contribution in [0.5, 0.6) is 0 Å². The van der Waals surface area contributed by atoms with E-state index in [0.29, 0.717) is 4.83 Å². The fourth-order valence-corrected chi connectivity index (χ4v) is 4.44. The molecule has 0 saturated carbocycles. The van der Waals surface area contributed by atoms with Crippen molar-refractivity contribution < 1.29 is 0 Å². The molecule has 3 aromatic rings. The first-order valence-corrected chi connectivity index (χ1v) is 7.96. The van der Waals surface area contributed by atoms with Gasteiger partial charge >= 0.3 is 0 Å². The van der Waals surface area contributed by atoms with Gasteiger partial charge in [0.1, 0.15) is 0 Å². The minimum Gasteiger partial charge on any atom is -0.241 e. The molecule has 0 amide bonds. The second-order valence-corrected chi connectivity index (χ2v) is 6.96. The standard InChI is InChI=1S/C13H10BrNS2/c14-9(11-6-3-7-16-11)8-13-15-10-4-1-2-5-12(10)17-13/h1-7,9H,8H2. The van der Waals surface area contributed by atoms with Crippen LogP contribution in [0.1, 0.15) is 14.7 Å². The summed E-state index contributed by atoms with van der Waals surface area (Å²) >= 11 is 7.31. The number of rotatable bonds is 3. The lowest BCUT2D eigenvalue weighted by atomic mass is 10.3. The molecule has 3 rings (SSSR count). The van der Waals surface area contributed by atoms with Crippen LogP contribution in [-0.2, 0) is 6.42 Å². The Morgan fingerprint density at radius 2 is 2.06 bits per heavy atom. The van der Waals surface area contributed by atoms with E-state index >= 15 is 0 Å². The van der Waals surface area contributed by atoms with Gasteiger partial charge in [-0.2, -0.15) is 0 Å². The molecule has 0 fully saturated rings. The van der Waals surface area contributed by atoms with Crippen LogP contribution in [0.15, 0.2) is 41.8 Å². The number of hydrogen-bond donors (Lipinski definition) is 0. The maximum Gasteiger partial charge on any atom is 0.0953 e. The minimum absolute atomic E-state index is 0.378. The molecule has 1 nitrogen and oxygen atoms in total. The highest BCUT2D eigenvalue weighted by molar-refractivity contribution is 9.09. The highest BCUT2D eigenvalue weighted by Crippen LogP contribution is 2.32. The van der Waals surface area contributed by atoms with Gasteiger partial charge in [0.2, 0.25) is 0 Å². The fourth-order valence-electron chi connectivity index (χ4n) is 1.73. The molecule has 0 spiro atoms. The Bertz CT molecular complexity index is 582. The van der Waals surface area contributed by atoms with E-state index in [-0.39, 0.29) is 0 Å². The maximum absolute atomic E-state index is 4.66. The van der Waals surface area contributed by atoms with Crippen molar-refractivity contribution in [3.8, 4) is 0 Å². The van der Waals surface area contributed by atoms with Crippen molar-refractivity contribution in [3.05, 3.63) is 51.7 Å². The van der Waals surface area contributed by atoms with Crippen LogP contribution in [0.2, 0.25) is 0 Å². The van der Waals surface area contributed by atoms with Gasteiger partial charge in [0, 0.05) is 11.3 Å². The molecule has 0 aliphatic carbocycles. The van der Waals surface area contributed by atoms with Crippen LogP contribution in [0.4, 0.5) is 0 Å². The number of thiazole rings is 1. The van der Waals surface area contributed by atoms with E-state index in [9.17, 15) is 0 Å². The Hall–Kier alpha value is -0.710.